The molecule has 2 aromatic heterocycles. The molecular weight excluding hydrogens is 354 g/mol. The summed E-state index contributed by atoms with van der Waals surface area (Å²) in [5.74, 6) is 0.224. The zero-order valence-corrected chi connectivity index (χ0v) is 15.9. The van der Waals surface area contributed by atoms with Gasteiger partial charge in [0.15, 0.2) is 0 Å². The average molecular weight is 374 g/mol. The quantitative estimate of drug-likeness (QED) is 0.671. The van der Waals surface area contributed by atoms with Crippen molar-refractivity contribution in [3.05, 3.63) is 51.7 Å². The molecule has 0 saturated carbocycles. The molecule has 1 atom stereocenters. The van der Waals surface area contributed by atoms with E-state index in [9.17, 15) is 4.79 Å². The van der Waals surface area contributed by atoms with Gasteiger partial charge in [0.1, 0.15) is 0 Å². The lowest BCUT2D eigenvalue weighted by Gasteiger charge is -2.12. The normalized spacial score (nSPS) is 12.1. The zero-order valence-electron chi connectivity index (χ0n) is 14.3. The van der Waals surface area contributed by atoms with Crippen LogP contribution < -0.4 is 5.32 Å². The fraction of sp³-hybridized carbons (Fsp3) is 0.294. The molecule has 6 nitrogen and oxygen atoms in total. The van der Waals surface area contributed by atoms with Crippen molar-refractivity contribution in [2.75, 3.05) is 5.75 Å². The lowest BCUT2D eigenvalue weighted by atomic mass is 10.1. The van der Waals surface area contributed by atoms with Gasteiger partial charge in [-0.3, -0.25) is 4.79 Å². The number of tetrazole rings is 1. The minimum atomic E-state index is -0.0404. The van der Waals surface area contributed by atoms with Gasteiger partial charge in [-0.25, -0.2) is 0 Å². The second-order valence-electron chi connectivity index (χ2n) is 5.69. The highest BCUT2D eigenvalue weighted by molar-refractivity contribution is 7.99. The average Bonchev–Trinajstić information content (AvgIpc) is 3.27. The van der Waals surface area contributed by atoms with Crippen LogP contribution in [0.15, 0.2) is 40.9 Å². The van der Waals surface area contributed by atoms with Crippen molar-refractivity contribution in [3.63, 3.8) is 0 Å². The first-order chi connectivity index (χ1) is 12.1. The third-order valence-electron chi connectivity index (χ3n) is 3.92. The summed E-state index contributed by atoms with van der Waals surface area (Å²) in [6.07, 6.45) is 0. The number of nitrogens with one attached hydrogen (secondary N) is 1. The molecule has 3 aromatic rings. The Morgan fingerprint density at radius 1 is 1.32 bits per heavy atom. The van der Waals surface area contributed by atoms with Crippen molar-refractivity contribution in [2.45, 2.75) is 32.0 Å². The molecule has 0 bridgehead atoms. The Morgan fingerprint density at radius 2 is 2.16 bits per heavy atom. The molecule has 0 unspecified atom stereocenters. The summed E-state index contributed by atoms with van der Waals surface area (Å²) < 4.78 is 1.68. The second-order valence-corrected chi connectivity index (χ2v) is 7.61. The molecule has 1 N–H and O–H groups in total. The highest BCUT2D eigenvalue weighted by Crippen LogP contribution is 2.23. The number of aryl methyl sites for hydroxylation is 1. The van der Waals surface area contributed by atoms with Crippen molar-refractivity contribution >= 4 is 29.0 Å². The fourth-order valence-corrected chi connectivity index (χ4v) is 3.84. The van der Waals surface area contributed by atoms with Crippen molar-refractivity contribution in [1.82, 2.24) is 25.5 Å². The van der Waals surface area contributed by atoms with E-state index in [1.807, 2.05) is 43.5 Å². The van der Waals surface area contributed by atoms with E-state index >= 15 is 0 Å². The molecule has 1 amide bonds. The van der Waals surface area contributed by atoms with E-state index in [1.54, 1.807) is 16.0 Å². The highest BCUT2D eigenvalue weighted by Gasteiger charge is 2.15. The van der Waals surface area contributed by atoms with Gasteiger partial charge < -0.3 is 5.32 Å². The lowest BCUT2D eigenvalue weighted by molar-refractivity contribution is -0.119. The van der Waals surface area contributed by atoms with Gasteiger partial charge in [-0.15, -0.1) is 16.4 Å². The molecule has 25 heavy (non-hydrogen) atoms. The summed E-state index contributed by atoms with van der Waals surface area (Å²) in [7, 11) is 0. The predicted molar refractivity (Wildman–Crippen MR) is 100 cm³/mol. The van der Waals surface area contributed by atoms with Crippen LogP contribution in [0.5, 0.6) is 0 Å². The van der Waals surface area contributed by atoms with Crippen LogP contribution in [0.3, 0.4) is 0 Å². The van der Waals surface area contributed by atoms with Crippen molar-refractivity contribution in [3.8, 4) is 5.69 Å². The van der Waals surface area contributed by atoms with E-state index in [1.165, 1.54) is 17.3 Å². The van der Waals surface area contributed by atoms with Crippen molar-refractivity contribution in [2.24, 2.45) is 0 Å². The summed E-state index contributed by atoms with van der Waals surface area (Å²) in [5, 5.41) is 17.5. The summed E-state index contributed by atoms with van der Waals surface area (Å²) in [5.41, 5.74) is 3.22. The number of carbonyl (C=O) groups excluding carboxylic acids is 1. The molecule has 0 aliphatic heterocycles. The number of hydrogen-bond donors (Lipinski definition) is 1. The molecule has 3 rings (SSSR count). The molecule has 2 heterocycles. The number of rotatable bonds is 6. The molecule has 0 aliphatic rings. The Kier molecular flexibility index (Phi) is 5.50. The summed E-state index contributed by atoms with van der Waals surface area (Å²) in [4.78, 5) is 13.3. The number of benzene rings is 1. The van der Waals surface area contributed by atoms with Crippen LogP contribution in [0.4, 0.5) is 0 Å². The second kappa shape index (κ2) is 7.79. The minimum Gasteiger partial charge on any atom is -0.348 e. The molecule has 0 fully saturated rings. The molecule has 1 aromatic carbocycles. The number of aromatic nitrogens is 4. The molecule has 0 radical (unpaired) electrons. The Balaban J connectivity index is 1.66. The topological polar surface area (TPSA) is 72.7 Å². The molecule has 0 saturated heterocycles. The fourth-order valence-electron chi connectivity index (χ4n) is 2.41. The highest BCUT2D eigenvalue weighted by atomic mass is 32.2. The third-order valence-corrected chi connectivity index (χ3v) is 5.90. The maximum Gasteiger partial charge on any atom is 0.230 e. The van der Waals surface area contributed by atoms with Gasteiger partial charge in [-0.2, -0.15) is 4.68 Å². The first-order valence-corrected chi connectivity index (χ1v) is 9.73. The summed E-state index contributed by atoms with van der Waals surface area (Å²) in [6.45, 7) is 6.07. The zero-order chi connectivity index (χ0) is 17.8. The van der Waals surface area contributed by atoms with Crippen LogP contribution >= 0.6 is 23.1 Å². The SMILES string of the molecule is Cc1cccc(-n2nnnc2SCC(=O)N[C@H](C)c2cccs2)c1C. The van der Waals surface area contributed by atoms with Gasteiger partial charge in [0.25, 0.3) is 0 Å². The van der Waals surface area contributed by atoms with E-state index in [4.69, 9.17) is 0 Å². The molecular formula is C17H19N5OS2. The Morgan fingerprint density at radius 3 is 2.92 bits per heavy atom. The van der Waals surface area contributed by atoms with E-state index in [-0.39, 0.29) is 17.7 Å². The molecule has 0 aliphatic carbocycles. The number of amides is 1. The van der Waals surface area contributed by atoms with E-state index in [0.29, 0.717) is 5.16 Å². The maximum atomic E-state index is 12.2. The smallest absolute Gasteiger partial charge is 0.230 e. The number of thiophene rings is 1. The molecule has 0 spiro atoms. The van der Waals surface area contributed by atoms with Crippen LogP contribution in [0.1, 0.15) is 29.0 Å². The third kappa shape index (κ3) is 4.08. The van der Waals surface area contributed by atoms with Crippen molar-refractivity contribution in [1.29, 1.82) is 0 Å². The lowest BCUT2D eigenvalue weighted by Crippen LogP contribution is -2.27. The maximum absolute atomic E-state index is 12.2. The van der Waals surface area contributed by atoms with Crippen LogP contribution in [-0.2, 0) is 4.79 Å². The first-order valence-electron chi connectivity index (χ1n) is 7.87. The predicted octanol–water partition coefficient (Wildman–Crippen LogP) is 3.31. The van der Waals surface area contributed by atoms with Crippen LogP contribution in [-0.4, -0.2) is 31.9 Å². The summed E-state index contributed by atoms with van der Waals surface area (Å²) in [6, 6.07) is 10.0. The van der Waals surface area contributed by atoms with Gasteiger partial charge in [0.2, 0.25) is 11.1 Å². The van der Waals surface area contributed by atoms with Crippen LogP contribution in [0.2, 0.25) is 0 Å². The van der Waals surface area contributed by atoms with E-state index < -0.39 is 0 Å². The van der Waals surface area contributed by atoms with Crippen LogP contribution in [0.25, 0.3) is 5.69 Å². The van der Waals surface area contributed by atoms with Gasteiger partial charge >= 0.3 is 0 Å². The standard InChI is InChI=1S/C17H19N5OS2/c1-11-6-4-7-14(12(11)2)22-17(19-20-21-22)25-10-16(23)18-13(3)15-8-5-9-24-15/h4-9,13H,10H2,1-3H3,(H,18,23)/t13-/m1/s1. The van der Waals surface area contributed by atoms with Crippen LogP contribution in [0, 0.1) is 13.8 Å². The Bertz CT molecular complexity index is 860. The Labute approximate surface area is 154 Å². The minimum absolute atomic E-state index is 0.00288. The summed E-state index contributed by atoms with van der Waals surface area (Å²) >= 11 is 2.96. The van der Waals surface area contributed by atoms with Gasteiger partial charge in [0, 0.05) is 4.88 Å². The Hall–Kier alpha value is -2.19. The number of thioether (sulfide) groups is 1. The molecule has 130 valence electrons. The number of carbonyl (C=O) groups is 1. The number of hydrogen-bond acceptors (Lipinski definition) is 6. The van der Waals surface area contributed by atoms with Gasteiger partial charge in [-0.05, 0) is 59.8 Å². The van der Waals surface area contributed by atoms with Crippen molar-refractivity contribution < 1.29 is 4.79 Å². The monoisotopic (exact) mass is 373 g/mol. The molecule has 8 heteroatoms. The number of nitrogens with zero attached hydrogens (tertiary/aromatic N) is 4. The largest absolute Gasteiger partial charge is 0.348 e. The van der Waals surface area contributed by atoms with E-state index in [2.05, 4.69) is 33.8 Å². The first kappa shape index (κ1) is 17.6. The van der Waals surface area contributed by atoms with Gasteiger partial charge in [0.05, 0.1) is 17.5 Å². The van der Waals surface area contributed by atoms with E-state index in [0.717, 1.165) is 16.1 Å². The van der Waals surface area contributed by atoms with Gasteiger partial charge in [-0.1, -0.05) is 30.0 Å².